The molecule has 0 spiro atoms. The summed E-state index contributed by atoms with van der Waals surface area (Å²) in [6.07, 6.45) is -0.192. The Balaban J connectivity index is 1.87. The Morgan fingerprint density at radius 3 is 2.40 bits per heavy atom. The van der Waals surface area contributed by atoms with Crippen molar-refractivity contribution in [1.82, 2.24) is 4.57 Å². The van der Waals surface area contributed by atoms with Gasteiger partial charge in [-0.15, -0.1) is 0 Å². The number of rotatable bonds is 7. The lowest BCUT2D eigenvalue weighted by Gasteiger charge is -2.07. The smallest absolute Gasteiger partial charge is 0.249 e. The van der Waals surface area contributed by atoms with Gasteiger partial charge in [0.2, 0.25) is 5.91 Å². The second-order valence-electron chi connectivity index (χ2n) is 6.64. The van der Waals surface area contributed by atoms with Gasteiger partial charge in [-0.05, 0) is 49.7 Å². The molecule has 0 N–H and O–H groups in total. The van der Waals surface area contributed by atoms with Gasteiger partial charge in [-0.1, -0.05) is 17.4 Å². The number of sulfone groups is 1. The van der Waals surface area contributed by atoms with E-state index in [1.54, 1.807) is 19.2 Å². The third kappa shape index (κ3) is 4.41. The first-order valence-electron chi connectivity index (χ1n) is 9.42. The van der Waals surface area contributed by atoms with Crippen LogP contribution >= 0.6 is 11.3 Å². The molecular weight excluding hydrogens is 424 g/mol. The number of aryl methyl sites for hydroxylation is 2. The molecule has 0 radical (unpaired) electrons. The van der Waals surface area contributed by atoms with Crippen LogP contribution in [0.4, 0.5) is 0 Å². The maximum Gasteiger partial charge on any atom is 0.249 e. The summed E-state index contributed by atoms with van der Waals surface area (Å²) in [6.45, 7) is 4.56. The molecule has 160 valence electrons. The molecule has 2 aromatic carbocycles. The molecule has 0 atom stereocenters. The zero-order chi connectivity index (χ0) is 21.9. The Morgan fingerprint density at radius 2 is 1.80 bits per heavy atom. The first kappa shape index (κ1) is 22.0. The van der Waals surface area contributed by atoms with Crippen LogP contribution in [-0.2, 0) is 21.2 Å². The van der Waals surface area contributed by atoms with E-state index in [0.717, 1.165) is 15.8 Å². The van der Waals surface area contributed by atoms with Gasteiger partial charge in [0, 0.05) is 13.0 Å². The molecule has 0 saturated carbocycles. The number of carbonyl (C=O) groups is 1. The van der Waals surface area contributed by atoms with E-state index < -0.39 is 15.7 Å². The fraction of sp³-hybridized carbons (Fsp3) is 0.333. The molecule has 0 fully saturated rings. The van der Waals surface area contributed by atoms with E-state index in [2.05, 4.69) is 4.99 Å². The average Bonchev–Trinajstić information content (AvgIpc) is 3.11. The van der Waals surface area contributed by atoms with Gasteiger partial charge in [0.25, 0.3) is 0 Å². The molecule has 3 aromatic rings. The molecule has 0 aliphatic rings. The average molecular weight is 449 g/mol. The molecule has 1 heterocycles. The Morgan fingerprint density at radius 1 is 1.10 bits per heavy atom. The minimum absolute atomic E-state index is 0.155. The van der Waals surface area contributed by atoms with Gasteiger partial charge in [0.15, 0.2) is 14.6 Å². The second kappa shape index (κ2) is 9.01. The van der Waals surface area contributed by atoms with Crippen molar-refractivity contribution >= 4 is 37.3 Å². The Labute approximate surface area is 179 Å². The van der Waals surface area contributed by atoms with Crippen LogP contribution in [0.1, 0.15) is 18.9 Å². The highest BCUT2D eigenvalue weighted by molar-refractivity contribution is 7.91. The van der Waals surface area contributed by atoms with Crippen molar-refractivity contribution in [2.75, 3.05) is 20.0 Å². The van der Waals surface area contributed by atoms with Gasteiger partial charge < -0.3 is 14.0 Å². The molecule has 9 heteroatoms. The van der Waals surface area contributed by atoms with Gasteiger partial charge in [-0.2, -0.15) is 4.99 Å². The lowest BCUT2D eigenvalue weighted by atomic mass is 10.2. The predicted molar refractivity (Wildman–Crippen MR) is 117 cm³/mol. The number of aromatic nitrogens is 1. The van der Waals surface area contributed by atoms with Crippen molar-refractivity contribution in [1.29, 1.82) is 0 Å². The van der Waals surface area contributed by atoms with E-state index in [1.165, 1.54) is 30.6 Å². The number of ether oxygens (including phenoxy) is 2. The van der Waals surface area contributed by atoms with Crippen LogP contribution in [0, 0.1) is 6.92 Å². The Bertz CT molecular complexity index is 1240. The number of hydrogen-bond acceptors (Lipinski definition) is 6. The van der Waals surface area contributed by atoms with Gasteiger partial charge in [-0.3, -0.25) is 4.79 Å². The van der Waals surface area contributed by atoms with Crippen molar-refractivity contribution in [3.05, 3.63) is 46.8 Å². The Kier molecular flexibility index (Phi) is 6.62. The molecule has 0 aliphatic heterocycles. The van der Waals surface area contributed by atoms with Gasteiger partial charge in [0.1, 0.15) is 17.0 Å². The van der Waals surface area contributed by atoms with Crippen LogP contribution in [0.2, 0.25) is 0 Å². The van der Waals surface area contributed by atoms with E-state index in [-0.39, 0.29) is 17.1 Å². The number of thiazole rings is 1. The van der Waals surface area contributed by atoms with E-state index in [9.17, 15) is 13.2 Å². The highest BCUT2D eigenvalue weighted by Gasteiger charge is 2.18. The summed E-state index contributed by atoms with van der Waals surface area (Å²) in [7, 11) is -0.474. The maximum absolute atomic E-state index is 12.5. The molecule has 30 heavy (non-hydrogen) atoms. The monoisotopic (exact) mass is 448 g/mol. The topological polar surface area (TPSA) is 87.0 Å². The van der Waals surface area contributed by atoms with E-state index in [4.69, 9.17) is 9.47 Å². The van der Waals surface area contributed by atoms with Gasteiger partial charge in [-0.25, -0.2) is 8.42 Å². The molecule has 0 bridgehead atoms. The quantitative estimate of drug-likeness (QED) is 0.553. The molecule has 3 rings (SSSR count). The molecular formula is C21H24N2O5S2. The molecule has 1 amide bonds. The molecule has 0 aliphatic carbocycles. The second-order valence-corrected chi connectivity index (χ2v) is 9.73. The van der Waals surface area contributed by atoms with Crippen molar-refractivity contribution in [2.45, 2.75) is 31.7 Å². The summed E-state index contributed by atoms with van der Waals surface area (Å²) < 4.78 is 38.5. The van der Waals surface area contributed by atoms with Crippen LogP contribution < -0.4 is 14.3 Å². The van der Waals surface area contributed by atoms with Crippen LogP contribution in [0.5, 0.6) is 11.5 Å². The molecule has 7 nitrogen and oxygen atoms in total. The summed E-state index contributed by atoms with van der Waals surface area (Å²) >= 11 is 1.40. The van der Waals surface area contributed by atoms with Crippen LogP contribution in [0.25, 0.3) is 10.2 Å². The number of amides is 1. The molecule has 0 unspecified atom stereocenters. The van der Waals surface area contributed by atoms with Crippen molar-refractivity contribution in [3.63, 3.8) is 0 Å². The third-order valence-electron chi connectivity index (χ3n) is 4.75. The number of fused-ring (bicyclic) bond motifs is 1. The van der Waals surface area contributed by atoms with Crippen LogP contribution in [0.15, 0.2) is 46.3 Å². The lowest BCUT2D eigenvalue weighted by Crippen LogP contribution is -2.17. The van der Waals surface area contributed by atoms with Gasteiger partial charge >= 0.3 is 0 Å². The van der Waals surface area contributed by atoms with Crippen LogP contribution in [0.3, 0.4) is 0 Å². The highest BCUT2D eigenvalue weighted by Crippen LogP contribution is 2.30. The SMILES string of the molecule is CCn1c(=NC(=O)CCS(=O)(=O)c2ccc(OC)cc2)sc2c(C)ccc(OC)c21. The summed E-state index contributed by atoms with van der Waals surface area (Å²) in [4.78, 5) is 17.4. The minimum atomic E-state index is -3.59. The standard InChI is InChI=1S/C21H24N2O5S2/c1-5-23-19-17(28-4)11-6-14(2)20(19)29-21(23)22-18(24)12-13-30(25,26)16-9-7-15(27-3)8-10-16/h6-11H,5,12-13H2,1-4H3. The van der Waals surface area contributed by atoms with E-state index in [0.29, 0.717) is 22.8 Å². The number of nitrogens with zero attached hydrogens (tertiary/aromatic N) is 2. The Hall–Kier alpha value is -2.65. The van der Waals surface area contributed by atoms with E-state index >= 15 is 0 Å². The molecule has 1 aromatic heterocycles. The molecule has 0 saturated heterocycles. The largest absolute Gasteiger partial charge is 0.497 e. The highest BCUT2D eigenvalue weighted by atomic mass is 32.2. The van der Waals surface area contributed by atoms with Crippen LogP contribution in [-0.4, -0.2) is 38.9 Å². The number of methoxy groups -OCH3 is 2. The summed E-state index contributed by atoms with van der Waals surface area (Å²) in [5, 5.41) is 0. The van der Waals surface area contributed by atoms with Crippen molar-refractivity contribution in [2.24, 2.45) is 4.99 Å². The fourth-order valence-electron chi connectivity index (χ4n) is 3.11. The van der Waals surface area contributed by atoms with Crippen molar-refractivity contribution < 1.29 is 22.7 Å². The summed E-state index contributed by atoms with van der Waals surface area (Å²) in [5.41, 5.74) is 1.95. The minimum Gasteiger partial charge on any atom is -0.497 e. The lowest BCUT2D eigenvalue weighted by molar-refractivity contribution is -0.117. The van der Waals surface area contributed by atoms with Gasteiger partial charge in [0.05, 0.1) is 29.6 Å². The zero-order valence-corrected chi connectivity index (χ0v) is 19.0. The number of benzene rings is 2. The third-order valence-corrected chi connectivity index (χ3v) is 7.69. The zero-order valence-electron chi connectivity index (χ0n) is 17.3. The normalized spacial score (nSPS) is 12.3. The number of carbonyl (C=O) groups excluding carboxylic acids is 1. The number of hydrogen-bond donors (Lipinski definition) is 0. The maximum atomic E-state index is 12.5. The van der Waals surface area contributed by atoms with E-state index in [1.807, 2.05) is 30.5 Å². The fourth-order valence-corrected chi connectivity index (χ4v) is 5.53. The summed E-state index contributed by atoms with van der Waals surface area (Å²) in [5.74, 6) is 0.503. The first-order chi connectivity index (χ1) is 14.3. The summed E-state index contributed by atoms with van der Waals surface area (Å²) in [6, 6.07) is 9.96. The first-order valence-corrected chi connectivity index (χ1v) is 11.9. The predicted octanol–water partition coefficient (Wildman–Crippen LogP) is 3.34. The van der Waals surface area contributed by atoms with Crippen molar-refractivity contribution in [3.8, 4) is 11.5 Å².